The second kappa shape index (κ2) is 8.64. The average Bonchev–Trinajstić information content (AvgIpc) is 2.84. The van der Waals surface area contributed by atoms with Crippen LogP contribution < -0.4 is 10.4 Å². The Balaban J connectivity index is 1.51. The van der Waals surface area contributed by atoms with Gasteiger partial charge in [-0.05, 0) is 104 Å². The summed E-state index contributed by atoms with van der Waals surface area (Å²) in [7, 11) is 0. The Bertz CT molecular complexity index is 1260. The third-order valence-electron chi connectivity index (χ3n) is 11.7. The van der Waals surface area contributed by atoms with Crippen LogP contribution in [-0.2, 0) is 10.2 Å². The Morgan fingerprint density at radius 3 is 2.35 bits per heavy atom. The van der Waals surface area contributed by atoms with Crippen molar-refractivity contribution in [3.63, 3.8) is 0 Å². The van der Waals surface area contributed by atoms with E-state index in [0.717, 1.165) is 49.6 Å². The van der Waals surface area contributed by atoms with E-state index in [9.17, 15) is 15.0 Å². The molecular formula is C33H47NO3. The number of hydrogen-bond donors (Lipinski definition) is 2. The van der Waals surface area contributed by atoms with Crippen molar-refractivity contribution < 1.29 is 15.0 Å². The molecule has 202 valence electrons. The number of nitrogens with zero attached hydrogens (tertiary/aromatic N) is 1. The fourth-order valence-corrected chi connectivity index (χ4v) is 9.24. The lowest BCUT2D eigenvalue weighted by Crippen LogP contribution is -2.57. The van der Waals surface area contributed by atoms with Crippen LogP contribution in [0.2, 0.25) is 0 Å². The normalized spacial score (nSPS) is 38.3. The second-order valence-corrected chi connectivity index (χ2v) is 13.8. The number of carbonyl (C=O) groups excluding carboxylic acids is 1. The van der Waals surface area contributed by atoms with E-state index < -0.39 is 0 Å². The summed E-state index contributed by atoms with van der Waals surface area (Å²) in [6.07, 6.45) is 13.2. The number of rotatable bonds is 4. The number of aromatic hydroxyl groups is 2. The first-order chi connectivity index (χ1) is 17.3. The number of benzene rings is 1. The molecule has 6 atom stereocenters. The molecule has 3 saturated carbocycles. The second-order valence-electron chi connectivity index (χ2n) is 13.8. The van der Waals surface area contributed by atoms with Crippen molar-refractivity contribution in [2.24, 2.45) is 28.1 Å². The maximum atomic E-state index is 13.2. The van der Waals surface area contributed by atoms with Crippen LogP contribution in [0.3, 0.4) is 0 Å². The quantitative estimate of drug-likeness (QED) is 0.511. The number of carbonyl (C=O) groups is 1. The molecule has 1 aromatic rings. The van der Waals surface area contributed by atoms with Crippen molar-refractivity contribution in [3.8, 4) is 11.5 Å². The monoisotopic (exact) mass is 505 g/mol. The van der Waals surface area contributed by atoms with E-state index in [1.165, 1.54) is 24.8 Å². The maximum absolute atomic E-state index is 13.2. The lowest BCUT2D eigenvalue weighted by molar-refractivity contribution is -0.138. The van der Waals surface area contributed by atoms with E-state index in [1.54, 1.807) is 6.07 Å². The zero-order chi connectivity index (χ0) is 27.0. The van der Waals surface area contributed by atoms with Crippen molar-refractivity contribution in [3.05, 3.63) is 33.7 Å². The van der Waals surface area contributed by atoms with Gasteiger partial charge in [0.1, 0.15) is 0 Å². The molecule has 0 aliphatic heterocycles. The Kier molecular flexibility index (Phi) is 6.16. The summed E-state index contributed by atoms with van der Waals surface area (Å²) in [5.74, 6) is 1.35. The summed E-state index contributed by atoms with van der Waals surface area (Å²) < 4.78 is 0. The minimum atomic E-state index is -0.169. The number of phenolic OH excluding ortho intramolecular Hbond substituents is 2. The molecule has 6 unspecified atom stereocenters. The molecule has 37 heavy (non-hydrogen) atoms. The minimum absolute atomic E-state index is 0.0641. The molecule has 4 heteroatoms. The van der Waals surface area contributed by atoms with Crippen molar-refractivity contribution in [1.82, 2.24) is 4.90 Å². The molecular weight excluding hydrogens is 458 g/mol. The Morgan fingerprint density at radius 2 is 1.68 bits per heavy atom. The summed E-state index contributed by atoms with van der Waals surface area (Å²) in [6, 6.07) is 1.79. The minimum Gasteiger partial charge on any atom is -0.504 e. The molecule has 5 rings (SSSR count). The number of amides is 1. The lowest BCUT2D eigenvalue weighted by atomic mass is 9.40. The van der Waals surface area contributed by atoms with E-state index in [4.69, 9.17) is 0 Å². The highest BCUT2D eigenvalue weighted by atomic mass is 16.3. The molecule has 3 fully saturated rings. The topological polar surface area (TPSA) is 60.8 Å². The van der Waals surface area contributed by atoms with Gasteiger partial charge in [-0.2, -0.15) is 0 Å². The van der Waals surface area contributed by atoms with Crippen LogP contribution in [0.25, 0.3) is 12.7 Å². The summed E-state index contributed by atoms with van der Waals surface area (Å²) in [6.45, 7) is 19.6. The summed E-state index contributed by atoms with van der Waals surface area (Å²) >= 11 is 0. The van der Waals surface area contributed by atoms with Crippen LogP contribution in [0, 0.1) is 28.1 Å². The molecule has 4 aliphatic carbocycles. The van der Waals surface area contributed by atoms with Crippen LogP contribution >= 0.6 is 0 Å². The van der Waals surface area contributed by atoms with E-state index in [-0.39, 0.29) is 27.7 Å². The third kappa shape index (κ3) is 3.80. The fraction of sp³-hybridized carbons (Fsp3) is 0.667. The average molecular weight is 506 g/mol. The Labute approximate surface area is 223 Å². The van der Waals surface area contributed by atoms with Gasteiger partial charge in [0.2, 0.25) is 5.91 Å². The molecule has 0 saturated heterocycles. The molecule has 4 aliphatic rings. The number of phenols is 2. The van der Waals surface area contributed by atoms with Crippen molar-refractivity contribution in [2.45, 2.75) is 98.3 Å². The van der Waals surface area contributed by atoms with Crippen molar-refractivity contribution >= 4 is 18.6 Å². The molecule has 0 aromatic heterocycles. The van der Waals surface area contributed by atoms with Crippen molar-refractivity contribution in [2.75, 3.05) is 13.1 Å². The van der Waals surface area contributed by atoms with Gasteiger partial charge < -0.3 is 15.1 Å². The molecule has 0 bridgehead atoms. The van der Waals surface area contributed by atoms with Crippen molar-refractivity contribution in [1.29, 1.82) is 0 Å². The van der Waals surface area contributed by atoms with Gasteiger partial charge in [-0.3, -0.25) is 4.79 Å². The summed E-state index contributed by atoms with van der Waals surface area (Å²) in [5.41, 5.74) is 2.92. The van der Waals surface area contributed by atoms with Gasteiger partial charge in [-0.25, -0.2) is 0 Å². The number of hydrogen-bond acceptors (Lipinski definition) is 3. The first-order valence-electron chi connectivity index (χ1n) is 14.6. The smallest absolute Gasteiger partial charge is 0.223 e. The Morgan fingerprint density at radius 1 is 1.00 bits per heavy atom. The van der Waals surface area contributed by atoms with Gasteiger partial charge in [-0.15, -0.1) is 0 Å². The van der Waals surface area contributed by atoms with E-state index in [0.29, 0.717) is 34.8 Å². The highest BCUT2D eigenvalue weighted by molar-refractivity contribution is 5.76. The molecule has 2 N–H and O–H groups in total. The van der Waals surface area contributed by atoms with Gasteiger partial charge in [0, 0.05) is 30.1 Å². The van der Waals surface area contributed by atoms with Crippen LogP contribution in [0.4, 0.5) is 0 Å². The number of allylic oxidation sites excluding steroid dienone is 2. The van der Waals surface area contributed by atoms with Gasteiger partial charge in [-0.1, -0.05) is 52.0 Å². The Hall–Kier alpha value is -2.23. The SMILES string of the molecule is C=c1c(O)c(O)cc2c1=CC=C1C2(C)CCC2C3CC(C)(CC(=O)N(CC)CC)CCC3(C)CCC12C. The summed E-state index contributed by atoms with van der Waals surface area (Å²) in [5, 5.41) is 22.3. The van der Waals surface area contributed by atoms with E-state index >= 15 is 0 Å². The van der Waals surface area contributed by atoms with Crippen LogP contribution in [0.5, 0.6) is 11.5 Å². The molecule has 1 amide bonds. The van der Waals surface area contributed by atoms with E-state index in [1.807, 2.05) is 4.90 Å². The highest BCUT2D eigenvalue weighted by Crippen LogP contribution is 2.69. The first-order valence-corrected chi connectivity index (χ1v) is 14.6. The van der Waals surface area contributed by atoms with Crippen LogP contribution in [0.1, 0.15) is 98.5 Å². The molecule has 0 spiro atoms. The zero-order valence-electron chi connectivity index (χ0n) is 23.9. The van der Waals surface area contributed by atoms with Gasteiger partial charge in [0.05, 0.1) is 0 Å². The standard InChI is InChI=1S/C33H47NO3/c1-8-34(9-2)28(36)20-30(4)14-15-31(5)16-17-33(7)23(25(31)19-30)12-13-32(6)24-18-26(35)29(37)21(3)22(24)10-11-27(32)33/h10-11,18,23,25,35,37H,3,8-9,12-17,19-20H2,1-2,4-7H3. The lowest BCUT2D eigenvalue weighted by Gasteiger charge is -2.64. The third-order valence-corrected chi connectivity index (χ3v) is 11.7. The molecule has 0 radical (unpaired) electrons. The van der Waals surface area contributed by atoms with Crippen LogP contribution in [-0.4, -0.2) is 34.1 Å². The molecule has 0 heterocycles. The number of fused-ring (bicyclic) bond motifs is 7. The van der Waals surface area contributed by atoms with E-state index in [2.05, 4.69) is 60.3 Å². The first kappa shape index (κ1) is 26.4. The zero-order valence-corrected chi connectivity index (χ0v) is 23.9. The fourth-order valence-electron chi connectivity index (χ4n) is 9.24. The van der Waals surface area contributed by atoms with Gasteiger partial charge in [0.25, 0.3) is 0 Å². The predicted molar refractivity (Wildman–Crippen MR) is 151 cm³/mol. The maximum Gasteiger partial charge on any atom is 0.223 e. The largest absolute Gasteiger partial charge is 0.504 e. The highest BCUT2D eigenvalue weighted by Gasteiger charge is 2.60. The molecule has 4 nitrogen and oxygen atoms in total. The molecule has 1 aromatic carbocycles. The summed E-state index contributed by atoms with van der Waals surface area (Å²) in [4.78, 5) is 15.2. The van der Waals surface area contributed by atoms with Gasteiger partial charge >= 0.3 is 0 Å². The van der Waals surface area contributed by atoms with Gasteiger partial charge in [0.15, 0.2) is 11.5 Å². The predicted octanol–water partition coefficient (Wildman–Crippen LogP) is 5.77. The van der Waals surface area contributed by atoms with Crippen LogP contribution in [0.15, 0.2) is 17.7 Å².